The van der Waals surface area contributed by atoms with Crippen LogP contribution in [-0.4, -0.2) is 56.9 Å². The molecule has 0 spiro atoms. The van der Waals surface area contributed by atoms with Crippen molar-refractivity contribution in [1.29, 1.82) is 0 Å². The minimum atomic E-state index is -0.267. The normalized spacial score (nSPS) is 18.7. The molecule has 42 heavy (non-hydrogen) atoms. The van der Waals surface area contributed by atoms with E-state index in [1.165, 1.54) is 12.8 Å². The Morgan fingerprint density at radius 3 is 2.02 bits per heavy atom. The van der Waals surface area contributed by atoms with Gasteiger partial charge in [-0.2, -0.15) is 20.1 Å². The summed E-state index contributed by atoms with van der Waals surface area (Å²) in [7, 11) is 0. The topological polar surface area (TPSA) is 116 Å². The second kappa shape index (κ2) is 11.3. The lowest BCUT2D eigenvalue weighted by atomic mass is 9.97. The third kappa shape index (κ3) is 5.22. The zero-order valence-electron chi connectivity index (χ0n) is 23.9. The molecule has 3 aliphatic rings. The summed E-state index contributed by atoms with van der Waals surface area (Å²) >= 11 is 0. The monoisotopic (exact) mass is 564 g/mol. The number of nitrogens with zero attached hydrogens (tertiary/aromatic N) is 7. The van der Waals surface area contributed by atoms with Crippen LogP contribution >= 0.6 is 0 Å². The molecule has 4 aromatic rings. The number of carbonyl (C=O) groups excluding carboxylic acids is 1. The van der Waals surface area contributed by atoms with E-state index in [1.54, 1.807) is 4.68 Å². The SMILES string of the molecule is Cc1nn(-c2ccc(Nc3nc(N4CCCCC4)nc(N4CCCCC4)n3)cc2)c2c1C(c1ccccc1)NC(=O)N2. The van der Waals surface area contributed by atoms with Gasteiger partial charge in [-0.15, -0.1) is 0 Å². The van der Waals surface area contributed by atoms with Gasteiger partial charge in [0.2, 0.25) is 17.8 Å². The molecule has 2 aromatic carbocycles. The highest BCUT2D eigenvalue weighted by molar-refractivity contribution is 5.93. The highest BCUT2D eigenvalue weighted by Gasteiger charge is 2.32. The number of urea groups is 1. The van der Waals surface area contributed by atoms with Crippen molar-refractivity contribution < 1.29 is 4.79 Å². The van der Waals surface area contributed by atoms with Crippen LogP contribution in [0, 0.1) is 6.92 Å². The van der Waals surface area contributed by atoms with Gasteiger partial charge in [0.15, 0.2) is 0 Å². The highest BCUT2D eigenvalue weighted by atomic mass is 16.2. The first-order chi connectivity index (χ1) is 20.6. The van der Waals surface area contributed by atoms with Gasteiger partial charge in [-0.25, -0.2) is 9.48 Å². The molecule has 216 valence electrons. The summed E-state index contributed by atoms with van der Waals surface area (Å²) in [6, 6.07) is 17.4. The minimum Gasteiger partial charge on any atom is -0.341 e. The van der Waals surface area contributed by atoms with E-state index in [0.29, 0.717) is 11.8 Å². The van der Waals surface area contributed by atoms with Crippen LogP contribution in [0.1, 0.15) is 61.4 Å². The largest absolute Gasteiger partial charge is 0.341 e. The number of nitrogens with one attached hydrogen (secondary N) is 3. The molecular weight excluding hydrogens is 528 g/mol. The van der Waals surface area contributed by atoms with Crippen molar-refractivity contribution in [3.8, 4) is 5.69 Å². The molecule has 5 heterocycles. The van der Waals surface area contributed by atoms with E-state index in [-0.39, 0.29) is 12.1 Å². The van der Waals surface area contributed by atoms with E-state index in [1.807, 2.05) is 61.5 Å². The predicted octanol–water partition coefficient (Wildman–Crippen LogP) is 5.31. The summed E-state index contributed by atoms with van der Waals surface area (Å²) in [5.74, 6) is 2.73. The minimum absolute atomic E-state index is 0.250. The Bertz CT molecular complexity index is 1520. The summed E-state index contributed by atoms with van der Waals surface area (Å²) in [5, 5.41) is 14.3. The van der Waals surface area contributed by atoms with E-state index >= 15 is 0 Å². The van der Waals surface area contributed by atoms with Gasteiger partial charge in [-0.1, -0.05) is 30.3 Å². The number of hydrogen-bond donors (Lipinski definition) is 3. The zero-order valence-corrected chi connectivity index (χ0v) is 23.9. The Labute approximate surface area is 245 Å². The zero-order chi connectivity index (χ0) is 28.5. The number of anilines is 5. The van der Waals surface area contributed by atoms with Crippen molar-refractivity contribution in [2.75, 3.05) is 46.6 Å². The number of aryl methyl sites for hydroxylation is 1. The quantitative estimate of drug-likeness (QED) is 0.288. The van der Waals surface area contributed by atoms with Gasteiger partial charge in [0, 0.05) is 37.4 Å². The summed E-state index contributed by atoms with van der Waals surface area (Å²) in [4.78, 5) is 31.8. The van der Waals surface area contributed by atoms with Crippen LogP contribution in [0.25, 0.3) is 5.69 Å². The molecule has 2 amide bonds. The second-order valence-corrected chi connectivity index (χ2v) is 11.2. The molecule has 11 nitrogen and oxygen atoms in total. The van der Waals surface area contributed by atoms with Gasteiger partial charge in [0.1, 0.15) is 5.82 Å². The summed E-state index contributed by atoms with van der Waals surface area (Å²) in [6.07, 6.45) is 7.15. The van der Waals surface area contributed by atoms with E-state index in [0.717, 1.165) is 92.0 Å². The lowest BCUT2D eigenvalue weighted by Gasteiger charge is -2.30. The first-order valence-corrected chi connectivity index (χ1v) is 15.0. The molecule has 2 aromatic heterocycles. The van der Waals surface area contributed by atoms with Gasteiger partial charge < -0.3 is 20.4 Å². The number of carbonyl (C=O) groups is 1. The molecule has 0 bridgehead atoms. The molecule has 3 N–H and O–H groups in total. The van der Waals surface area contributed by atoms with Crippen molar-refractivity contribution in [2.24, 2.45) is 0 Å². The average Bonchev–Trinajstić information content (AvgIpc) is 3.37. The predicted molar refractivity (Wildman–Crippen MR) is 164 cm³/mol. The van der Waals surface area contributed by atoms with Gasteiger partial charge in [-0.3, -0.25) is 5.32 Å². The Balaban J connectivity index is 1.16. The maximum atomic E-state index is 12.6. The molecule has 1 unspecified atom stereocenters. The van der Waals surface area contributed by atoms with Crippen molar-refractivity contribution in [2.45, 2.75) is 51.5 Å². The smallest absolute Gasteiger partial charge is 0.321 e. The van der Waals surface area contributed by atoms with Crippen LogP contribution in [0.5, 0.6) is 0 Å². The Morgan fingerprint density at radius 2 is 1.40 bits per heavy atom. The number of aromatic nitrogens is 5. The van der Waals surface area contributed by atoms with Crippen LogP contribution < -0.4 is 25.8 Å². The van der Waals surface area contributed by atoms with Gasteiger partial charge in [0.25, 0.3) is 0 Å². The lowest BCUT2D eigenvalue weighted by Crippen LogP contribution is -2.38. The van der Waals surface area contributed by atoms with Crippen LogP contribution in [0.2, 0.25) is 0 Å². The molecule has 1 atom stereocenters. The number of benzene rings is 2. The fourth-order valence-electron chi connectivity index (χ4n) is 6.13. The Morgan fingerprint density at radius 1 is 0.786 bits per heavy atom. The first kappa shape index (κ1) is 26.2. The number of piperidine rings is 2. The first-order valence-electron chi connectivity index (χ1n) is 15.0. The number of fused-ring (bicyclic) bond motifs is 1. The van der Waals surface area contributed by atoms with Gasteiger partial charge in [0.05, 0.1) is 17.4 Å². The third-order valence-electron chi connectivity index (χ3n) is 8.29. The van der Waals surface area contributed by atoms with Crippen LogP contribution in [0.15, 0.2) is 54.6 Å². The maximum Gasteiger partial charge on any atom is 0.321 e. The van der Waals surface area contributed by atoms with Crippen molar-refractivity contribution in [3.05, 3.63) is 71.4 Å². The Kier molecular flexibility index (Phi) is 7.06. The fraction of sp³-hybridized carbons (Fsp3) is 0.387. The second-order valence-electron chi connectivity index (χ2n) is 11.2. The van der Waals surface area contributed by atoms with Crippen molar-refractivity contribution in [1.82, 2.24) is 30.0 Å². The average molecular weight is 565 g/mol. The lowest BCUT2D eigenvalue weighted by molar-refractivity contribution is 0.249. The molecule has 2 fully saturated rings. The highest BCUT2D eigenvalue weighted by Crippen LogP contribution is 2.36. The molecule has 11 heteroatoms. The molecule has 0 aliphatic carbocycles. The maximum absolute atomic E-state index is 12.6. The molecule has 7 rings (SSSR count). The molecular formula is C31H36N10O. The Hall–Kier alpha value is -4.67. The third-order valence-corrected chi connectivity index (χ3v) is 8.29. The van der Waals surface area contributed by atoms with Crippen molar-refractivity contribution >= 4 is 35.4 Å². The number of rotatable bonds is 6. The molecule has 2 saturated heterocycles. The fourth-order valence-corrected chi connectivity index (χ4v) is 6.13. The summed E-state index contributed by atoms with van der Waals surface area (Å²) in [5.41, 5.74) is 4.54. The van der Waals surface area contributed by atoms with E-state index in [9.17, 15) is 4.79 Å². The van der Waals surface area contributed by atoms with Gasteiger partial charge >= 0.3 is 6.03 Å². The van der Waals surface area contributed by atoms with E-state index < -0.39 is 0 Å². The van der Waals surface area contributed by atoms with Gasteiger partial charge in [-0.05, 0) is 75.3 Å². The number of amides is 2. The number of hydrogen-bond acceptors (Lipinski definition) is 8. The summed E-state index contributed by atoms with van der Waals surface area (Å²) < 4.78 is 1.80. The van der Waals surface area contributed by atoms with E-state index in [4.69, 9.17) is 20.1 Å². The molecule has 0 radical (unpaired) electrons. The van der Waals surface area contributed by atoms with Crippen LogP contribution in [0.3, 0.4) is 0 Å². The van der Waals surface area contributed by atoms with E-state index in [2.05, 4.69) is 25.8 Å². The van der Waals surface area contributed by atoms with Crippen molar-refractivity contribution in [3.63, 3.8) is 0 Å². The molecule has 3 aliphatic heterocycles. The summed E-state index contributed by atoms with van der Waals surface area (Å²) in [6.45, 7) is 5.87. The standard InChI is InChI=1S/C31H36N10O/c1-21-25-26(22-11-5-2-6-12-22)33-31(42)34-27(25)41(38-21)24-15-13-23(14-16-24)32-28-35-29(39-17-7-3-8-18-39)37-30(36-28)40-19-9-4-10-20-40/h2,5-6,11-16,26H,3-4,7-10,17-20H2,1H3,(H2,33,34,42)(H,32,35,36,37). The van der Waals surface area contributed by atoms with Crippen LogP contribution in [0.4, 0.5) is 34.1 Å². The molecule has 0 saturated carbocycles. The van der Waals surface area contributed by atoms with Crippen LogP contribution in [-0.2, 0) is 0 Å².